The van der Waals surface area contributed by atoms with Crippen molar-refractivity contribution in [2.45, 2.75) is 20.8 Å². The van der Waals surface area contributed by atoms with Gasteiger partial charge in [-0.05, 0) is 67.6 Å². The number of anilines is 1. The number of phenols is 1. The van der Waals surface area contributed by atoms with Gasteiger partial charge in [0.2, 0.25) is 0 Å². The molecule has 0 atom stereocenters. The van der Waals surface area contributed by atoms with Crippen LogP contribution in [0.1, 0.15) is 36.8 Å². The van der Waals surface area contributed by atoms with Crippen LogP contribution in [0.25, 0.3) is 17.0 Å². The maximum absolute atomic E-state index is 12.2. The molecule has 134 valence electrons. The molecule has 0 aliphatic heterocycles. The Morgan fingerprint density at radius 1 is 1.04 bits per heavy atom. The molecule has 1 amide bonds. The highest BCUT2D eigenvalue weighted by Crippen LogP contribution is 2.21. The molecule has 0 fully saturated rings. The summed E-state index contributed by atoms with van der Waals surface area (Å²) in [5.41, 5.74) is 2.87. The number of rotatable bonds is 4. The number of aromatic amines is 1. The van der Waals surface area contributed by atoms with Gasteiger partial charge in [-0.1, -0.05) is 13.8 Å². The summed E-state index contributed by atoms with van der Waals surface area (Å²) in [5.74, 6) is -0.150. The van der Waals surface area contributed by atoms with Crippen LogP contribution in [0.15, 0.2) is 54.6 Å². The van der Waals surface area contributed by atoms with Gasteiger partial charge in [0.05, 0.1) is 0 Å². The van der Waals surface area contributed by atoms with E-state index in [1.54, 1.807) is 24.3 Å². The van der Waals surface area contributed by atoms with E-state index in [-0.39, 0.29) is 17.4 Å². The maximum atomic E-state index is 12.2. The SMILES string of the molecule is CC.CC(=O)/C=C/c1cc2cc(NC(=O)c3ccc(O)cc3)ccc2[nH]1. The van der Waals surface area contributed by atoms with Gasteiger partial charge in [-0.3, -0.25) is 9.59 Å². The highest BCUT2D eigenvalue weighted by molar-refractivity contribution is 6.05. The number of H-pyrrole nitrogens is 1. The number of allylic oxidation sites excluding steroid dienone is 1. The normalized spacial score (nSPS) is 10.4. The Bertz CT molecular complexity index is 938. The van der Waals surface area contributed by atoms with E-state index < -0.39 is 0 Å². The lowest BCUT2D eigenvalue weighted by Crippen LogP contribution is -2.11. The second kappa shape index (κ2) is 8.67. The largest absolute Gasteiger partial charge is 0.508 e. The highest BCUT2D eigenvalue weighted by atomic mass is 16.3. The van der Waals surface area contributed by atoms with Crippen molar-refractivity contribution in [3.05, 3.63) is 65.9 Å². The zero-order chi connectivity index (χ0) is 19.1. The Balaban J connectivity index is 0.00000117. The second-order valence-corrected chi connectivity index (χ2v) is 5.47. The Labute approximate surface area is 152 Å². The van der Waals surface area contributed by atoms with Crippen LogP contribution in [0.3, 0.4) is 0 Å². The van der Waals surface area contributed by atoms with Crippen LogP contribution in [0.2, 0.25) is 0 Å². The number of aromatic nitrogens is 1. The number of benzene rings is 2. The lowest BCUT2D eigenvalue weighted by Gasteiger charge is -2.05. The highest BCUT2D eigenvalue weighted by Gasteiger charge is 2.07. The summed E-state index contributed by atoms with van der Waals surface area (Å²) in [7, 11) is 0. The van der Waals surface area contributed by atoms with Crippen molar-refractivity contribution in [2.24, 2.45) is 0 Å². The third-order valence-electron chi connectivity index (χ3n) is 3.53. The molecule has 0 radical (unpaired) electrons. The number of phenolic OH excluding ortho intramolecular Hbond substituents is 1. The number of fused-ring (bicyclic) bond motifs is 1. The third kappa shape index (κ3) is 4.83. The number of hydrogen-bond acceptors (Lipinski definition) is 3. The molecule has 3 aromatic rings. The molecule has 3 N–H and O–H groups in total. The standard InChI is InChI=1S/C19H16N2O3.C2H6/c1-12(22)2-5-15-10-14-11-16(6-9-18(14)20-15)21-19(24)13-3-7-17(23)8-4-13;1-2/h2-11,20,23H,1H3,(H,21,24);1-2H3/b5-2+;. The van der Waals surface area contributed by atoms with Gasteiger partial charge in [0.15, 0.2) is 5.78 Å². The summed E-state index contributed by atoms with van der Waals surface area (Å²) in [6.45, 7) is 5.50. The van der Waals surface area contributed by atoms with E-state index in [4.69, 9.17) is 0 Å². The predicted molar refractivity (Wildman–Crippen MR) is 105 cm³/mol. The lowest BCUT2D eigenvalue weighted by atomic mass is 10.2. The third-order valence-corrected chi connectivity index (χ3v) is 3.53. The van der Waals surface area contributed by atoms with Crippen LogP contribution in [0.5, 0.6) is 5.75 Å². The van der Waals surface area contributed by atoms with Crippen molar-refractivity contribution in [3.63, 3.8) is 0 Å². The first-order valence-corrected chi connectivity index (χ1v) is 8.43. The maximum Gasteiger partial charge on any atom is 0.255 e. The van der Waals surface area contributed by atoms with Crippen LogP contribution >= 0.6 is 0 Å². The minimum Gasteiger partial charge on any atom is -0.508 e. The molecule has 1 heterocycles. The van der Waals surface area contributed by atoms with Crippen molar-refractivity contribution < 1.29 is 14.7 Å². The van der Waals surface area contributed by atoms with Gasteiger partial charge < -0.3 is 15.4 Å². The van der Waals surface area contributed by atoms with Crippen LogP contribution in [-0.4, -0.2) is 21.8 Å². The molecule has 0 saturated heterocycles. The molecule has 0 spiro atoms. The minimum atomic E-state index is -0.249. The first-order valence-electron chi connectivity index (χ1n) is 8.43. The average Bonchev–Trinajstić information content (AvgIpc) is 3.04. The van der Waals surface area contributed by atoms with Crippen molar-refractivity contribution in [1.82, 2.24) is 4.98 Å². The van der Waals surface area contributed by atoms with Crippen molar-refractivity contribution >= 4 is 34.4 Å². The molecular weight excluding hydrogens is 328 g/mol. The van der Waals surface area contributed by atoms with Gasteiger partial charge in [0, 0.05) is 27.8 Å². The van der Waals surface area contributed by atoms with E-state index >= 15 is 0 Å². The Kier molecular flexibility index (Phi) is 6.33. The molecular formula is C21H22N2O3. The first kappa shape index (κ1) is 19.0. The topological polar surface area (TPSA) is 82.2 Å². The molecule has 0 unspecified atom stereocenters. The van der Waals surface area contributed by atoms with Gasteiger partial charge in [0.1, 0.15) is 5.75 Å². The van der Waals surface area contributed by atoms with Crippen LogP contribution in [0.4, 0.5) is 5.69 Å². The van der Waals surface area contributed by atoms with Gasteiger partial charge in [0.25, 0.3) is 5.91 Å². The van der Waals surface area contributed by atoms with Gasteiger partial charge in [-0.25, -0.2) is 0 Å². The summed E-state index contributed by atoms with van der Waals surface area (Å²) in [6.07, 6.45) is 3.22. The number of aromatic hydroxyl groups is 1. The van der Waals surface area contributed by atoms with E-state index in [0.29, 0.717) is 11.3 Å². The molecule has 0 aliphatic rings. The van der Waals surface area contributed by atoms with Crippen LogP contribution < -0.4 is 5.32 Å². The molecule has 26 heavy (non-hydrogen) atoms. The molecule has 0 aliphatic carbocycles. The molecule has 0 bridgehead atoms. The van der Waals surface area contributed by atoms with Crippen molar-refractivity contribution in [2.75, 3.05) is 5.32 Å². The zero-order valence-corrected chi connectivity index (χ0v) is 15.0. The number of carbonyl (C=O) groups excluding carboxylic acids is 2. The lowest BCUT2D eigenvalue weighted by molar-refractivity contribution is -0.112. The minimum absolute atomic E-state index is 0.0180. The monoisotopic (exact) mass is 350 g/mol. The smallest absolute Gasteiger partial charge is 0.255 e. The summed E-state index contributed by atoms with van der Waals surface area (Å²) < 4.78 is 0. The van der Waals surface area contributed by atoms with Crippen molar-refractivity contribution in [3.8, 4) is 5.75 Å². The van der Waals surface area contributed by atoms with E-state index in [0.717, 1.165) is 16.6 Å². The summed E-state index contributed by atoms with van der Waals surface area (Å²) in [4.78, 5) is 26.4. The first-order chi connectivity index (χ1) is 12.5. The Morgan fingerprint density at radius 3 is 2.38 bits per heavy atom. The van der Waals surface area contributed by atoms with Crippen LogP contribution in [-0.2, 0) is 4.79 Å². The fraction of sp³-hybridized carbons (Fsp3) is 0.143. The van der Waals surface area contributed by atoms with E-state index in [1.807, 2.05) is 32.0 Å². The van der Waals surface area contributed by atoms with E-state index in [1.165, 1.54) is 25.1 Å². The van der Waals surface area contributed by atoms with E-state index in [9.17, 15) is 14.7 Å². The molecule has 1 aromatic heterocycles. The average molecular weight is 350 g/mol. The molecule has 2 aromatic carbocycles. The van der Waals surface area contributed by atoms with E-state index in [2.05, 4.69) is 10.3 Å². The molecule has 5 nitrogen and oxygen atoms in total. The summed E-state index contributed by atoms with van der Waals surface area (Å²) >= 11 is 0. The number of carbonyl (C=O) groups is 2. The number of hydrogen-bond donors (Lipinski definition) is 3. The Morgan fingerprint density at radius 2 is 1.73 bits per heavy atom. The fourth-order valence-electron chi connectivity index (χ4n) is 2.35. The number of nitrogens with one attached hydrogen (secondary N) is 2. The van der Waals surface area contributed by atoms with Gasteiger partial charge in [-0.15, -0.1) is 0 Å². The van der Waals surface area contributed by atoms with Crippen LogP contribution in [0, 0.1) is 0 Å². The number of ketones is 1. The second-order valence-electron chi connectivity index (χ2n) is 5.47. The summed E-state index contributed by atoms with van der Waals surface area (Å²) in [6, 6.07) is 13.5. The van der Waals surface area contributed by atoms with Crippen molar-refractivity contribution in [1.29, 1.82) is 0 Å². The Hall–Kier alpha value is -3.34. The molecule has 0 saturated carbocycles. The predicted octanol–water partition coefficient (Wildman–Crippen LogP) is 4.75. The van der Waals surface area contributed by atoms with Gasteiger partial charge in [-0.2, -0.15) is 0 Å². The quantitative estimate of drug-likeness (QED) is 0.594. The molecule has 3 rings (SSSR count). The van der Waals surface area contributed by atoms with Gasteiger partial charge >= 0.3 is 0 Å². The fourth-order valence-corrected chi connectivity index (χ4v) is 2.35. The number of amides is 1. The molecule has 5 heteroatoms. The summed E-state index contributed by atoms with van der Waals surface area (Å²) in [5, 5.41) is 13.0. The zero-order valence-electron chi connectivity index (χ0n) is 15.0.